The molecule has 1 atom stereocenters. The first kappa shape index (κ1) is 25.3. The Balaban J connectivity index is 1.54. The smallest absolute Gasteiger partial charge is 0.292 e. The molecule has 8 nitrogen and oxygen atoms in total. The van der Waals surface area contributed by atoms with Gasteiger partial charge in [0.25, 0.3) is 6.02 Å². The molecule has 36 heavy (non-hydrogen) atoms. The molecule has 1 aliphatic rings. The molecule has 1 fully saturated rings. The average molecular weight is 512 g/mol. The molecule has 0 amide bonds. The highest BCUT2D eigenvalue weighted by molar-refractivity contribution is 6.32. The summed E-state index contributed by atoms with van der Waals surface area (Å²) < 4.78 is 24.8. The highest BCUT2D eigenvalue weighted by Gasteiger charge is 2.26. The zero-order valence-electron chi connectivity index (χ0n) is 19.9. The Bertz CT molecular complexity index is 1300. The van der Waals surface area contributed by atoms with Crippen LogP contribution in [0.2, 0.25) is 5.02 Å². The van der Waals surface area contributed by atoms with Crippen molar-refractivity contribution in [3.05, 3.63) is 82.6 Å². The number of nitrogens with zero attached hydrogens (tertiary/aromatic N) is 3. The standard InChI is InChI=1S/C26H27ClFN5O3/c1-30-23-8-6-18(32-26-33(2)13-20(14-34)36-26)11-21(23)25(29)31-19-7-9-24(22(27)12-19)35-15-16-4-3-5-17(28)10-16/h3-12,20,30,34H,13-15H2,1-2H3,(H2,29,31). The normalized spacial score (nSPS) is 16.8. The highest BCUT2D eigenvalue weighted by atomic mass is 35.5. The molecule has 188 valence electrons. The van der Waals surface area contributed by atoms with E-state index in [2.05, 4.69) is 15.3 Å². The highest BCUT2D eigenvalue weighted by Crippen LogP contribution is 2.31. The van der Waals surface area contributed by atoms with Crippen LogP contribution >= 0.6 is 11.6 Å². The van der Waals surface area contributed by atoms with Crippen LogP contribution in [0.1, 0.15) is 11.1 Å². The molecule has 10 heteroatoms. The Hall–Kier alpha value is -3.82. The zero-order valence-corrected chi connectivity index (χ0v) is 20.7. The minimum Gasteiger partial charge on any atom is -0.487 e. The summed E-state index contributed by atoms with van der Waals surface area (Å²) in [5.74, 6) is 0.393. The number of amidine groups is 2. The van der Waals surface area contributed by atoms with E-state index in [-0.39, 0.29) is 31.0 Å². The van der Waals surface area contributed by atoms with Crippen LogP contribution in [-0.2, 0) is 11.3 Å². The number of benzene rings is 3. The fourth-order valence-electron chi connectivity index (χ4n) is 3.67. The number of ether oxygens (including phenoxy) is 2. The third-order valence-corrected chi connectivity index (χ3v) is 5.80. The maximum atomic E-state index is 13.4. The van der Waals surface area contributed by atoms with Gasteiger partial charge < -0.3 is 30.5 Å². The van der Waals surface area contributed by atoms with Crippen molar-refractivity contribution in [2.75, 3.05) is 32.6 Å². The molecule has 0 aliphatic carbocycles. The lowest BCUT2D eigenvalue weighted by molar-refractivity contribution is 0.132. The first-order chi connectivity index (χ1) is 17.4. The molecule has 0 bridgehead atoms. The van der Waals surface area contributed by atoms with Gasteiger partial charge in [-0.1, -0.05) is 23.7 Å². The average Bonchev–Trinajstić information content (AvgIpc) is 3.22. The Morgan fingerprint density at radius 1 is 1.22 bits per heavy atom. The summed E-state index contributed by atoms with van der Waals surface area (Å²) in [6.07, 6.45) is -0.304. The lowest BCUT2D eigenvalue weighted by atomic mass is 10.1. The fourth-order valence-corrected chi connectivity index (χ4v) is 3.90. The van der Waals surface area contributed by atoms with E-state index in [0.717, 1.165) is 5.69 Å². The Morgan fingerprint density at radius 3 is 2.72 bits per heavy atom. The predicted molar refractivity (Wildman–Crippen MR) is 140 cm³/mol. The second kappa shape index (κ2) is 11.3. The number of nitrogens with one attached hydrogen (secondary N) is 1. The van der Waals surface area contributed by atoms with E-state index >= 15 is 0 Å². The Labute approximate surface area is 213 Å². The van der Waals surface area contributed by atoms with Crippen molar-refractivity contribution in [1.29, 1.82) is 0 Å². The van der Waals surface area contributed by atoms with Crippen LogP contribution in [0, 0.1) is 5.82 Å². The number of anilines is 1. The summed E-state index contributed by atoms with van der Waals surface area (Å²) in [6.45, 7) is 0.661. The molecule has 1 heterocycles. The number of hydrogen-bond acceptors (Lipinski definition) is 6. The number of aliphatic hydroxyl groups is 1. The number of aliphatic hydroxyl groups excluding tert-OH is 1. The molecule has 4 rings (SSSR count). The summed E-state index contributed by atoms with van der Waals surface area (Å²) in [6, 6.07) is 17.2. The van der Waals surface area contributed by atoms with Crippen LogP contribution in [0.3, 0.4) is 0 Å². The summed E-state index contributed by atoms with van der Waals surface area (Å²) in [5, 5.41) is 12.8. The molecule has 3 aromatic carbocycles. The lowest BCUT2D eigenvalue weighted by Crippen LogP contribution is -2.21. The third kappa shape index (κ3) is 6.05. The summed E-state index contributed by atoms with van der Waals surface area (Å²) in [7, 11) is 3.64. The van der Waals surface area contributed by atoms with Gasteiger partial charge in [0, 0.05) is 25.3 Å². The summed E-state index contributed by atoms with van der Waals surface area (Å²) in [5.41, 5.74) is 9.66. The molecular formula is C26H27ClFN5O3. The van der Waals surface area contributed by atoms with Crippen molar-refractivity contribution in [3.63, 3.8) is 0 Å². The maximum absolute atomic E-state index is 13.4. The molecular weight excluding hydrogens is 485 g/mol. The van der Waals surface area contributed by atoms with Gasteiger partial charge in [-0.25, -0.2) is 9.38 Å². The van der Waals surface area contributed by atoms with E-state index in [9.17, 15) is 9.50 Å². The molecule has 1 unspecified atom stereocenters. The van der Waals surface area contributed by atoms with Crippen molar-refractivity contribution in [2.45, 2.75) is 12.7 Å². The predicted octanol–water partition coefficient (Wildman–Crippen LogP) is 4.45. The van der Waals surface area contributed by atoms with Gasteiger partial charge >= 0.3 is 0 Å². The summed E-state index contributed by atoms with van der Waals surface area (Å²) >= 11 is 6.40. The number of nitrogens with two attached hydrogens (primary N) is 1. The molecule has 0 aromatic heterocycles. The van der Waals surface area contributed by atoms with Crippen molar-refractivity contribution in [1.82, 2.24) is 4.90 Å². The van der Waals surface area contributed by atoms with Crippen molar-refractivity contribution >= 4 is 40.5 Å². The minimum atomic E-state index is -0.323. The molecule has 4 N–H and O–H groups in total. The molecule has 1 aliphatic heterocycles. The van der Waals surface area contributed by atoms with E-state index < -0.39 is 0 Å². The lowest BCUT2D eigenvalue weighted by Gasteiger charge is -2.12. The molecule has 3 aromatic rings. The van der Waals surface area contributed by atoms with Crippen molar-refractivity contribution < 1.29 is 19.0 Å². The Morgan fingerprint density at radius 2 is 2.03 bits per heavy atom. The van der Waals surface area contributed by atoms with Gasteiger partial charge in [-0.3, -0.25) is 0 Å². The second-order valence-corrected chi connectivity index (χ2v) is 8.61. The fraction of sp³-hybridized carbons (Fsp3) is 0.231. The van der Waals surface area contributed by atoms with Crippen LogP contribution in [0.25, 0.3) is 0 Å². The van der Waals surface area contributed by atoms with E-state index in [0.29, 0.717) is 45.8 Å². The zero-order chi connectivity index (χ0) is 25.7. The molecule has 0 spiro atoms. The largest absolute Gasteiger partial charge is 0.487 e. The Kier molecular flexibility index (Phi) is 7.92. The van der Waals surface area contributed by atoms with E-state index in [1.54, 1.807) is 43.4 Å². The van der Waals surface area contributed by atoms with Crippen LogP contribution in [0.15, 0.2) is 70.6 Å². The van der Waals surface area contributed by atoms with Crippen LogP contribution in [-0.4, -0.2) is 55.2 Å². The van der Waals surface area contributed by atoms with E-state index in [4.69, 9.17) is 26.8 Å². The number of rotatable bonds is 8. The van der Waals surface area contributed by atoms with Gasteiger partial charge in [0.15, 0.2) is 0 Å². The quantitative estimate of drug-likeness (QED) is 0.305. The molecule has 0 radical (unpaired) electrons. The van der Waals surface area contributed by atoms with Crippen LogP contribution in [0.4, 0.5) is 21.5 Å². The number of hydrogen-bond donors (Lipinski definition) is 3. The van der Waals surface area contributed by atoms with Gasteiger partial charge in [-0.2, -0.15) is 4.99 Å². The first-order valence-electron chi connectivity index (χ1n) is 11.3. The third-order valence-electron chi connectivity index (χ3n) is 5.50. The SMILES string of the molecule is CNc1ccc(N=C2OC(CO)CN2C)cc1C(N)=Nc1ccc(OCc2cccc(F)c2)c(Cl)c1. The maximum Gasteiger partial charge on any atom is 0.292 e. The summed E-state index contributed by atoms with van der Waals surface area (Å²) in [4.78, 5) is 10.9. The van der Waals surface area contributed by atoms with E-state index in [1.165, 1.54) is 12.1 Å². The first-order valence-corrected chi connectivity index (χ1v) is 11.6. The van der Waals surface area contributed by atoms with Gasteiger partial charge in [-0.05, 0) is 54.1 Å². The van der Waals surface area contributed by atoms with Crippen molar-refractivity contribution in [2.24, 2.45) is 15.7 Å². The van der Waals surface area contributed by atoms with Gasteiger partial charge in [0.1, 0.15) is 30.1 Å². The molecule has 1 saturated heterocycles. The monoisotopic (exact) mass is 511 g/mol. The number of halogens is 2. The van der Waals surface area contributed by atoms with Crippen LogP contribution in [0.5, 0.6) is 5.75 Å². The molecule has 0 saturated carbocycles. The number of aliphatic imine (C=N–C) groups is 2. The van der Waals surface area contributed by atoms with E-state index in [1.807, 2.05) is 24.1 Å². The van der Waals surface area contributed by atoms with Gasteiger partial charge in [-0.15, -0.1) is 0 Å². The second-order valence-electron chi connectivity index (χ2n) is 8.21. The van der Waals surface area contributed by atoms with Gasteiger partial charge in [0.05, 0.1) is 29.5 Å². The van der Waals surface area contributed by atoms with Gasteiger partial charge in [0.2, 0.25) is 0 Å². The topological polar surface area (TPSA) is 105 Å². The van der Waals surface area contributed by atoms with Crippen molar-refractivity contribution in [3.8, 4) is 5.75 Å². The number of likely N-dealkylation sites (N-methyl/N-ethyl adjacent to an activating group) is 1. The minimum absolute atomic E-state index is 0.0793. The van der Waals surface area contributed by atoms with Crippen LogP contribution < -0.4 is 15.8 Å².